The summed E-state index contributed by atoms with van der Waals surface area (Å²) in [6, 6.07) is 10.1. The Morgan fingerprint density at radius 1 is 1.18 bits per heavy atom. The molecule has 2 heterocycles. The second-order valence-electron chi connectivity index (χ2n) is 3.84. The molecule has 0 bridgehead atoms. The molecule has 1 aromatic carbocycles. The van der Waals surface area contributed by atoms with E-state index in [0.717, 1.165) is 28.7 Å². The van der Waals surface area contributed by atoms with Crippen molar-refractivity contribution in [1.29, 1.82) is 0 Å². The minimum atomic E-state index is 0.754. The fourth-order valence-electron chi connectivity index (χ4n) is 1.82. The zero-order valence-electron chi connectivity index (χ0n) is 9.22. The summed E-state index contributed by atoms with van der Waals surface area (Å²) in [5, 5.41) is 11.2. The van der Waals surface area contributed by atoms with Gasteiger partial charge >= 0.3 is 0 Å². The van der Waals surface area contributed by atoms with Crippen LogP contribution in [-0.2, 0) is 6.54 Å². The van der Waals surface area contributed by atoms with Crippen LogP contribution in [0.3, 0.4) is 0 Å². The molecule has 0 saturated heterocycles. The molecule has 3 aromatic rings. The van der Waals surface area contributed by atoms with Gasteiger partial charge in [-0.1, -0.05) is 18.2 Å². The first-order chi connectivity index (χ1) is 8.43. The second-order valence-corrected chi connectivity index (χ2v) is 3.84. The van der Waals surface area contributed by atoms with Crippen LogP contribution >= 0.6 is 0 Å². The highest BCUT2D eigenvalue weighted by molar-refractivity contribution is 5.90. The molecule has 0 atom stereocenters. The molecular weight excluding hydrogens is 212 g/mol. The highest BCUT2D eigenvalue weighted by Gasteiger charge is 2.00. The summed E-state index contributed by atoms with van der Waals surface area (Å²) < 4.78 is 0. The first-order valence-electron chi connectivity index (χ1n) is 5.49. The van der Waals surface area contributed by atoms with Crippen LogP contribution in [0.25, 0.3) is 10.9 Å². The standard InChI is InChI=1S/C13H12N4/c1-2-4-12-11(3-1)13(5-6-14-12)15-7-10-8-16-17-9-10/h1-6,8-9H,7H2,(H,14,15)(H,16,17). The highest BCUT2D eigenvalue weighted by Crippen LogP contribution is 2.21. The topological polar surface area (TPSA) is 53.6 Å². The Balaban J connectivity index is 1.90. The van der Waals surface area contributed by atoms with Crippen molar-refractivity contribution in [3.8, 4) is 0 Å². The Labute approximate surface area is 98.7 Å². The quantitative estimate of drug-likeness (QED) is 0.719. The summed E-state index contributed by atoms with van der Waals surface area (Å²) in [5.74, 6) is 0. The van der Waals surface area contributed by atoms with Crippen LogP contribution in [0.5, 0.6) is 0 Å². The van der Waals surface area contributed by atoms with E-state index < -0.39 is 0 Å². The van der Waals surface area contributed by atoms with E-state index in [1.807, 2.05) is 42.9 Å². The molecule has 3 rings (SSSR count). The average molecular weight is 224 g/mol. The summed E-state index contributed by atoms with van der Waals surface area (Å²) in [7, 11) is 0. The van der Waals surface area contributed by atoms with Crippen LogP contribution in [0.2, 0.25) is 0 Å². The van der Waals surface area contributed by atoms with Gasteiger partial charge in [-0.25, -0.2) is 0 Å². The predicted octanol–water partition coefficient (Wildman–Crippen LogP) is 2.57. The number of fused-ring (bicyclic) bond motifs is 1. The van der Waals surface area contributed by atoms with Gasteiger partial charge in [-0.3, -0.25) is 10.1 Å². The van der Waals surface area contributed by atoms with E-state index >= 15 is 0 Å². The number of pyridine rings is 1. The third kappa shape index (κ3) is 1.97. The second kappa shape index (κ2) is 4.25. The number of hydrogen-bond acceptors (Lipinski definition) is 3. The molecule has 0 fully saturated rings. The van der Waals surface area contributed by atoms with Gasteiger partial charge in [0.2, 0.25) is 0 Å². The first kappa shape index (κ1) is 9.84. The lowest BCUT2D eigenvalue weighted by Crippen LogP contribution is -1.99. The number of aromatic amines is 1. The summed E-state index contributed by atoms with van der Waals surface area (Å²) in [5.41, 5.74) is 3.23. The fraction of sp³-hybridized carbons (Fsp3) is 0.0769. The monoisotopic (exact) mass is 224 g/mol. The molecule has 0 spiro atoms. The minimum absolute atomic E-state index is 0.754. The molecule has 0 aliphatic heterocycles. The molecule has 84 valence electrons. The van der Waals surface area contributed by atoms with E-state index in [1.165, 1.54) is 0 Å². The van der Waals surface area contributed by atoms with Crippen LogP contribution in [0, 0.1) is 0 Å². The lowest BCUT2D eigenvalue weighted by Gasteiger charge is -2.07. The Bertz CT molecular complexity index is 611. The normalized spacial score (nSPS) is 10.6. The first-order valence-corrected chi connectivity index (χ1v) is 5.49. The number of para-hydroxylation sites is 1. The molecule has 0 saturated carbocycles. The van der Waals surface area contributed by atoms with Crippen LogP contribution in [0.4, 0.5) is 5.69 Å². The molecule has 0 aliphatic carbocycles. The van der Waals surface area contributed by atoms with Gasteiger partial charge in [0.25, 0.3) is 0 Å². The molecular formula is C13H12N4. The number of hydrogen-bond donors (Lipinski definition) is 2. The summed E-state index contributed by atoms with van der Waals surface area (Å²) in [6.45, 7) is 0.754. The minimum Gasteiger partial charge on any atom is -0.380 e. The number of nitrogens with one attached hydrogen (secondary N) is 2. The Morgan fingerprint density at radius 3 is 3.00 bits per heavy atom. The molecule has 0 aliphatic rings. The van der Waals surface area contributed by atoms with Gasteiger partial charge in [-0.05, 0) is 12.1 Å². The van der Waals surface area contributed by atoms with Gasteiger partial charge < -0.3 is 5.32 Å². The highest BCUT2D eigenvalue weighted by atomic mass is 15.1. The largest absolute Gasteiger partial charge is 0.380 e. The zero-order valence-corrected chi connectivity index (χ0v) is 9.22. The van der Waals surface area contributed by atoms with Crippen molar-refractivity contribution in [3.05, 3.63) is 54.5 Å². The zero-order chi connectivity index (χ0) is 11.5. The van der Waals surface area contributed by atoms with Crippen LogP contribution in [0.1, 0.15) is 5.56 Å². The van der Waals surface area contributed by atoms with E-state index in [1.54, 1.807) is 0 Å². The third-order valence-corrected chi connectivity index (χ3v) is 2.69. The van der Waals surface area contributed by atoms with Crippen LogP contribution < -0.4 is 5.32 Å². The van der Waals surface area contributed by atoms with E-state index in [4.69, 9.17) is 0 Å². The molecule has 0 unspecified atom stereocenters. The fourth-order valence-corrected chi connectivity index (χ4v) is 1.82. The smallest absolute Gasteiger partial charge is 0.0722 e. The number of H-pyrrole nitrogens is 1. The van der Waals surface area contributed by atoms with Crippen molar-refractivity contribution >= 4 is 16.6 Å². The maximum absolute atomic E-state index is 4.33. The molecule has 2 N–H and O–H groups in total. The van der Waals surface area contributed by atoms with Crippen molar-refractivity contribution in [1.82, 2.24) is 15.2 Å². The summed E-state index contributed by atoms with van der Waals surface area (Å²) in [6.07, 6.45) is 5.52. The SMILES string of the molecule is c1ccc2c(NCc3cn[nH]c3)ccnc2c1. The number of anilines is 1. The average Bonchev–Trinajstić information content (AvgIpc) is 2.89. The van der Waals surface area contributed by atoms with E-state index in [9.17, 15) is 0 Å². The molecule has 4 heteroatoms. The molecule has 2 aromatic heterocycles. The lowest BCUT2D eigenvalue weighted by atomic mass is 10.2. The molecule has 0 amide bonds. The summed E-state index contributed by atoms with van der Waals surface area (Å²) in [4.78, 5) is 4.33. The van der Waals surface area contributed by atoms with Gasteiger partial charge in [0.05, 0.1) is 11.7 Å². The van der Waals surface area contributed by atoms with E-state index in [-0.39, 0.29) is 0 Å². The number of nitrogens with zero attached hydrogens (tertiary/aromatic N) is 2. The van der Waals surface area contributed by atoms with Gasteiger partial charge in [0, 0.05) is 35.6 Å². The van der Waals surface area contributed by atoms with Crippen LogP contribution in [0.15, 0.2) is 48.9 Å². The number of aromatic nitrogens is 3. The number of rotatable bonds is 3. The Morgan fingerprint density at radius 2 is 2.12 bits per heavy atom. The maximum Gasteiger partial charge on any atom is 0.0722 e. The van der Waals surface area contributed by atoms with Gasteiger partial charge in [0.15, 0.2) is 0 Å². The lowest BCUT2D eigenvalue weighted by molar-refractivity contribution is 1.09. The number of benzene rings is 1. The van der Waals surface area contributed by atoms with Crippen molar-refractivity contribution in [2.75, 3.05) is 5.32 Å². The van der Waals surface area contributed by atoms with Gasteiger partial charge in [0.1, 0.15) is 0 Å². The van der Waals surface area contributed by atoms with Crippen molar-refractivity contribution in [2.24, 2.45) is 0 Å². The summed E-state index contributed by atoms with van der Waals surface area (Å²) >= 11 is 0. The molecule has 4 nitrogen and oxygen atoms in total. The Kier molecular flexibility index (Phi) is 2.46. The van der Waals surface area contributed by atoms with E-state index in [0.29, 0.717) is 0 Å². The van der Waals surface area contributed by atoms with Gasteiger partial charge in [-0.15, -0.1) is 0 Å². The third-order valence-electron chi connectivity index (χ3n) is 2.69. The predicted molar refractivity (Wildman–Crippen MR) is 67.7 cm³/mol. The van der Waals surface area contributed by atoms with Crippen molar-refractivity contribution in [2.45, 2.75) is 6.54 Å². The van der Waals surface area contributed by atoms with Crippen LogP contribution in [-0.4, -0.2) is 15.2 Å². The van der Waals surface area contributed by atoms with Gasteiger partial charge in [-0.2, -0.15) is 5.10 Å². The van der Waals surface area contributed by atoms with Crippen molar-refractivity contribution < 1.29 is 0 Å². The Hall–Kier alpha value is -2.36. The molecule has 17 heavy (non-hydrogen) atoms. The molecule has 0 radical (unpaired) electrons. The maximum atomic E-state index is 4.33. The van der Waals surface area contributed by atoms with E-state index in [2.05, 4.69) is 26.6 Å². The van der Waals surface area contributed by atoms with Crippen molar-refractivity contribution in [3.63, 3.8) is 0 Å².